The standard InChI is InChI=1S/C13H17NO/c1-2-11-4-5-13-12(10-11)6-8-14(13)7-3-9-15/h4-6,8,10,15H,2-3,7,9H2,1H3. The third-order valence-electron chi connectivity index (χ3n) is 2.80. The fourth-order valence-electron chi connectivity index (χ4n) is 1.91. The Morgan fingerprint density at radius 3 is 2.87 bits per heavy atom. The molecular formula is C13H17NO. The molecule has 1 heterocycles. The van der Waals surface area contributed by atoms with Crippen molar-refractivity contribution < 1.29 is 5.11 Å². The molecule has 1 aromatic carbocycles. The normalized spacial score (nSPS) is 11.1. The molecule has 0 bridgehead atoms. The number of nitrogens with zero attached hydrogens (tertiary/aromatic N) is 1. The van der Waals surface area contributed by atoms with Gasteiger partial charge in [0.15, 0.2) is 0 Å². The number of aryl methyl sites for hydroxylation is 2. The summed E-state index contributed by atoms with van der Waals surface area (Å²) >= 11 is 0. The van der Waals surface area contributed by atoms with Gasteiger partial charge in [-0.1, -0.05) is 13.0 Å². The number of aromatic nitrogens is 1. The molecule has 0 atom stereocenters. The van der Waals surface area contributed by atoms with E-state index in [4.69, 9.17) is 5.11 Å². The molecular weight excluding hydrogens is 186 g/mol. The van der Waals surface area contributed by atoms with Crippen LogP contribution in [-0.2, 0) is 13.0 Å². The second-order valence-corrected chi connectivity index (χ2v) is 3.83. The van der Waals surface area contributed by atoms with E-state index in [-0.39, 0.29) is 6.61 Å². The number of benzene rings is 1. The molecule has 0 unspecified atom stereocenters. The Morgan fingerprint density at radius 1 is 1.27 bits per heavy atom. The van der Waals surface area contributed by atoms with Gasteiger partial charge in [0.05, 0.1) is 0 Å². The second kappa shape index (κ2) is 4.49. The monoisotopic (exact) mass is 203 g/mol. The van der Waals surface area contributed by atoms with E-state index in [0.717, 1.165) is 19.4 Å². The van der Waals surface area contributed by atoms with Crippen LogP contribution in [0.25, 0.3) is 10.9 Å². The average molecular weight is 203 g/mol. The van der Waals surface area contributed by atoms with Crippen molar-refractivity contribution in [2.75, 3.05) is 6.61 Å². The van der Waals surface area contributed by atoms with Crippen LogP contribution in [0.15, 0.2) is 30.5 Å². The fraction of sp³-hybridized carbons (Fsp3) is 0.385. The van der Waals surface area contributed by atoms with Crippen LogP contribution in [0, 0.1) is 0 Å². The van der Waals surface area contributed by atoms with Crippen LogP contribution in [0.2, 0.25) is 0 Å². The van der Waals surface area contributed by atoms with Crippen molar-refractivity contribution >= 4 is 10.9 Å². The molecule has 0 fully saturated rings. The first-order chi connectivity index (χ1) is 7.35. The summed E-state index contributed by atoms with van der Waals surface area (Å²) in [5.74, 6) is 0. The molecule has 0 saturated carbocycles. The Bertz CT molecular complexity index is 445. The Morgan fingerprint density at radius 2 is 2.13 bits per heavy atom. The van der Waals surface area contributed by atoms with Gasteiger partial charge in [-0.25, -0.2) is 0 Å². The van der Waals surface area contributed by atoms with Gasteiger partial charge >= 0.3 is 0 Å². The van der Waals surface area contributed by atoms with E-state index in [9.17, 15) is 0 Å². The molecule has 2 aromatic rings. The van der Waals surface area contributed by atoms with Crippen molar-refractivity contribution in [2.24, 2.45) is 0 Å². The molecule has 0 saturated heterocycles. The minimum Gasteiger partial charge on any atom is -0.396 e. The molecule has 15 heavy (non-hydrogen) atoms. The quantitative estimate of drug-likeness (QED) is 0.811. The largest absolute Gasteiger partial charge is 0.396 e. The molecule has 80 valence electrons. The number of rotatable bonds is 4. The van der Waals surface area contributed by atoms with Crippen LogP contribution in [-0.4, -0.2) is 16.3 Å². The molecule has 1 aromatic heterocycles. The first-order valence-electron chi connectivity index (χ1n) is 5.53. The average Bonchev–Trinajstić information content (AvgIpc) is 2.68. The minimum absolute atomic E-state index is 0.257. The van der Waals surface area contributed by atoms with Crippen LogP contribution in [0.5, 0.6) is 0 Å². The van der Waals surface area contributed by atoms with E-state index >= 15 is 0 Å². The molecule has 0 aliphatic heterocycles. The first kappa shape index (κ1) is 10.2. The van der Waals surface area contributed by atoms with Crippen LogP contribution < -0.4 is 0 Å². The van der Waals surface area contributed by atoms with Crippen molar-refractivity contribution in [1.82, 2.24) is 4.57 Å². The van der Waals surface area contributed by atoms with Crippen molar-refractivity contribution in [3.8, 4) is 0 Å². The smallest absolute Gasteiger partial charge is 0.0480 e. The predicted molar refractivity (Wildman–Crippen MR) is 63.0 cm³/mol. The summed E-state index contributed by atoms with van der Waals surface area (Å²) in [5, 5.41) is 10.1. The molecule has 0 aliphatic rings. The highest BCUT2D eigenvalue weighted by molar-refractivity contribution is 5.80. The lowest BCUT2D eigenvalue weighted by atomic mass is 10.1. The van der Waals surface area contributed by atoms with Crippen LogP contribution >= 0.6 is 0 Å². The van der Waals surface area contributed by atoms with Crippen LogP contribution in [0.3, 0.4) is 0 Å². The number of fused-ring (bicyclic) bond motifs is 1. The molecule has 2 heteroatoms. The van der Waals surface area contributed by atoms with Gasteiger partial charge in [0.1, 0.15) is 0 Å². The summed E-state index contributed by atoms with van der Waals surface area (Å²) in [6.07, 6.45) is 4.00. The van der Waals surface area contributed by atoms with Crippen LogP contribution in [0.1, 0.15) is 18.9 Å². The Balaban J connectivity index is 2.34. The number of hydrogen-bond donors (Lipinski definition) is 1. The maximum atomic E-state index is 8.81. The van der Waals surface area contributed by atoms with Gasteiger partial charge in [-0.05, 0) is 42.0 Å². The highest BCUT2D eigenvalue weighted by atomic mass is 16.3. The van der Waals surface area contributed by atoms with Crippen molar-refractivity contribution in [3.05, 3.63) is 36.0 Å². The van der Waals surface area contributed by atoms with Crippen molar-refractivity contribution in [3.63, 3.8) is 0 Å². The molecule has 1 N–H and O–H groups in total. The minimum atomic E-state index is 0.257. The van der Waals surface area contributed by atoms with Crippen LogP contribution in [0.4, 0.5) is 0 Å². The molecule has 0 aliphatic carbocycles. The lowest BCUT2D eigenvalue weighted by Crippen LogP contribution is -1.98. The maximum Gasteiger partial charge on any atom is 0.0480 e. The molecule has 0 spiro atoms. The SMILES string of the molecule is CCc1ccc2c(ccn2CCCO)c1. The molecule has 2 rings (SSSR count). The zero-order chi connectivity index (χ0) is 10.7. The van der Waals surface area contributed by atoms with E-state index in [1.807, 2.05) is 0 Å². The predicted octanol–water partition coefficient (Wildman–Crippen LogP) is 2.59. The molecule has 0 radical (unpaired) electrons. The van der Waals surface area contributed by atoms with E-state index in [2.05, 4.69) is 42.0 Å². The Kier molecular flexibility index (Phi) is 3.07. The zero-order valence-corrected chi connectivity index (χ0v) is 9.11. The highest BCUT2D eigenvalue weighted by Gasteiger charge is 2.00. The van der Waals surface area contributed by atoms with E-state index in [0.29, 0.717) is 0 Å². The molecule has 2 nitrogen and oxygen atoms in total. The van der Waals surface area contributed by atoms with Crippen molar-refractivity contribution in [2.45, 2.75) is 26.3 Å². The maximum absolute atomic E-state index is 8.81. The summed E-state index contributed by atoms with van der Waals surface area (Å²) in [6.45, 7) is 3.32. The van der Waals surface area contributed by atoms with E-state index in [1.165, 1.54) is 16.5 Å². The zero-order valence-electron chi connectivity index (χ0n) is 9.11. The summed E-state index contributed by atoms with van der Waals surface area (Å²) in [5.41, 5.74) is 2.64. The topological polar surface area (TPSA) is 25.2 Å². The third-order valence-corrected chi connectivity index (χ3v) is 2.80. The Hall–Kier alpha value is -1.28. The number of hydrogen-bond acceptors (Lipinski definition) is 1. The van der Waals surface area contributed by atoms with Gasteiger partial charge in [0.25, 0.3) is 0 Å². The summed E-state index contributed by atoms with van der Waals surface area (Å²) in [7, 11) is 0. The molecule has 0 amide bonds. The van der Waals surface area contributed by atoms with Gasteiger partial charge in [-0.15, -0.1) is 0 Å². The Labute approximate surface area is 90.2 Å². The number of aliphatic hydroxyl groups is 1. The third kappa shape index (κ3) is 2.05. The van der Waals surface area contributed by atoms with E-state index in [1.54, 1.807) is 0 Å². The first-order valence-corrected chi connectivity index (χ1v) is 5.53. The lowest BCUT2D eigenvalue weighted by molar-refractivity contribution is 0.280. The summed E-state index contributed by atoms with van der Waals surface area (Å²) in [4.78, 5) is 0. The second-order valence-electron chi connectivity index (χ2n) is 3.83. The van der Waals surface area contributed by atoms with Gasteiger partial charge in [0, 0.05) is 24.9 Å². The summed E-state index contributed by atoms with van der Waals surface area (Å²) < 4.78 is 2.20. The van der Waals surface area contributed by atoms with Gasteiger partial charge < -0.3 is 9.67 Å². The number of aliphatic hydroxyl groups excluding tert-OH is 1. The lowest BCUT2D eigenvalue weighted by Gasteiger charge is -2.04. The highest BCUT2D eigenvalue weighted by Crippen LogP contribution is 2.18. The van der Waals surface area contributed by atoms with Crippen molar-refractivity contribution in [1.29, 1.82) is 0 Å². The fourth-order valence-corrected chi connectivity index (χ4v) is 1.91. The van der Waals surface area contributed by atoms with Gasteiger partial charge in [0.2, 0.25) is 0 Å². The van der Waals surface area contributed by atoms with Gasteiger partial charge in [-0.2, -0.15) is 0 Å². The van der Waals surface area contributed by atoms with Gasteiger partial charge in [-0.3, -0.25) is 0 Å². The van der Waals surface area contributed by atoms with E-state index < -0.39 is 0 Å². The summed E-state index contributed by atoms with van der Waals surface area (Å²) in [6, 6.07) is 8.74.